The summed E-state index contributed by atoms with van der Waals surface area (Å²) in [6, 6.07) is 11.6. The molecule has 156 valence electrons. The fourth-order valence-electron chi connectivity index (χ4n) is 3.02. The summed E-state index contributed by atoms with van der Waals surface area (Å²) < 4.78 is 37.6. The molecule has 2 aromatic carbocycles. The Morgan fingerprint density at radius 1 is 1.14 bits per heavy atom. The molecule has 0 radical (unpaired) electrons. The van der Waals surface area contributed by atoms with Gasteiger partial charge in [-0.25, -0.2) is 8.42 Å². The van der Waals surface area contributed by atoms with Crippen molar-refractivity contribution >= 4 is 15.7 Å². The normalized spacial score (nSPS) is 15.4. The van der Waals surface area contributed by atoms with Crippen molar-refractivity contribution < 1.29 is 22.8 Å². The minimum atomic E-state index is -3.82. The molecule has 1 saturated heterocycles. The van der Waals surface area contributed by atoms with Gasteiger partial charge in [-0.15, -0.1) is 0 Å². The monoisotopic (exact) mass is 420 g/mol. The lowest BCUT2D eigenvalue weighted by atomic mass is 10.0. The lowest BCUT2D eigenvalue weighted by Crippen LogP contribution is -2.40. The van der Waals surface area contributed by atoms with E-state index in [0.29, 0.717) is 19.1 Å². The van der Waals surface area contributed by atoms with Crippen LogP contribution < -0.4 is 4.74 Å². The quantitative estimate of drug-likeness (QED) is 0.503. The summed E-state index contributed by atoms with van der Waals surface area (Å²) in [7, 11) is -3.82. The second-order valence-electron chi connectivity index (χ2n) is 7.09. The molecule has 0 atom stereocenters. The Hall–Kier alpha value is -2.49. The summed E-state index contributed by atoms with van der Waals surface area (Å²) in [6.07, 6.45) is 0. The summed E-state index contributed by atoms with van der Waals surface area (Å²) in [5, 5.41) is 11.5. The van der Waals surface area contributed by atoms with E-state index in [9.17, 15) is 18.5 Å². The molecule has 0 aliphatic carbocycles. The molecule has 0 aromatic heterocycles. The maximum absolute atomic E-state index is 12.7. The molecule has 1 aliphatic heterocycles. The molecule has 0 amide bonds. The summed E-state index contributed by atoms with van der Waals surface area (Å²) in [5.74, 6) is 0.441. The molecule has 0 unspecified atom stereocenters. The summed E-state index contributed by atoms with van der Waals surface area (Å²) in [6.45, 7) is 5.40. The Morgan fingerprint density at radius 2 is 1.79 bits per heavy atom. The smallest absolute Gasteiger partial charge is 0.312 e. The number of nitro benzene ring substituents is 1. The molecule has 0 N–H and O–H groups in total. The fourth-order valence-corrected chi connectivity index (χ4v) is 4.45. The number of ether oxygens (including phenoxy) is 2. The number of morpholine rings is 1. The molecule has 9 heteroatoms. The van der Waals surface area contributed by atoms with Crippen molar-refractivity contribution in [2.45, 2.75) is 31.3 Å². The van der Waals surface area contributed by atoms with E-state index in [1.807, 2.05) is 24.3 Å². The van der Waals surface area contributed by atoms with Crippen LogP contribution in [0.5, 0.6) is 5.75 Å². The number of hydrogen-bond donors (Lipinski definition) is 0. The Labute approximate surface area is 170 Å². The minimum absolute atomic E-state index is 0.0314. The number of hydrogen-bond acceptors (Lipinski definition) is 6. The van der Waals surface area contributed by atoms with Crippen molar-refractivity contribution in [1.82, 2.24) is 4.31 Å². The van der Waals surface area contributed by atoms with Gasteiger partial charge in [0.25, 0.3) is 0 Å². The second kappa shape index (κ2) is 8.89. The summed E-state index contributed by atoms with van der Waals surface area (Å²) in [4.78, 5) is 10.8. The van der Waals surface area contributed by atoms with Gasteiger partial charge in [-0.2, -0.15) is 4.31 Å². The van der Waals surface area contributed by atoms with Crippen LogP contribution in [0.15, 0.2) is 47.4 Å². The Morgan fingerprint density at radius 3 is 2.38 bits per heavy atom. The van der Waals surface area contributed by atoms with Crippen LogP contribution in [0, 0.1) is 10.1 Å². The van der Waals surface area contributed by atoms with Crippen LogP contribution in [0.2, 0.25) is 0 Å². The first-order chi connectivity index (χ1) is 13.8. The molecule has 1 fully saturated rings. The highest BCUT2D eigenvalue weighted by atomic mass is 32.2. The van der Waals surface area contributed by atoms with Gasteiger partial charge in [0.15, 0.2) is 5.75 Å². The topological polar surface area (TPSA) is 99.0 Å². The highest BCUT2D eigenvalue weighted by molar-refractivity contribution is 7.89. The van der Waals surface area contributed by atoms with Gasteiger partial charge in [0, 0.05) is 19.2 Å². The molecular formula is C20H24N2O6S. The van der Waals surface area contributed by atoms with Crippen LogP contribution in [0.4, 0.5) is 5.69 Å². The van der Waals surface area contributed by atoms with Crippen LogP contribution in [0.1, 0.15) is 30.9 Å². The zero-order valence-electron chi connectivity index (χ0n) is 16.4. The van der Waals surface area contributed by atoms with Crippen molar-refractivity contribution in [3.63, 3.8) is 0 Å². The van der Waals surface area contributed by atoms with E-state index >= 15 is 0 Å². The van der Waals surface area contributed by atoms with Gasteiger partial charge in [0.2, 0.25) is 10.0 Å². The van der Waals surface area contributed by atoms with Gasteiger partial charge in [0.1, 0.15) is 6.61 Å². The van der Waals surface area contributed by atoms with Crippen LogP contribution in [0.3, 0.4) is 0 Å². The van der Waals surface area contributed by atoms with Gasteiger partial charge in [-0.05, 0) is 29.2 Å². The van der Waals surface area contributed by atoms with E-state index in [-0.39, 0.29) is 36.0 Å². The van der Waals surface area contributed by atoms with Gasteiger partial charge >= 0.3 is 5.69 Å². The molecule has 8 nitrogen and oxygen atoms in total. The lowest BCUT2D eigenvalue weighted by Gasteiger charge is -2.26. The average molecular weight is 420 g/mol. The third-order valence-corrected chi connectivity index (χ3v) is 6.67. The van der Waals surface area contributed by atoms with Crippen LogP contribution >= 0.6 is 0 Å². The molecule has 29 heavy (non-hydrogen) atoms. The molecule has 1 heterocycles. The Balaban J connectivity index is 1.80. The largest absolute Gasteiger partial charge is 0.482 e. The third kappa shape index (κ3) is 4.92. The predicted octanol–water partition coefficient (Wildman–Crippen LogP) is 3.32. The van der Waals surface area contributed by atoms with Crippen LogP contribution in [-0.4, -0.2) is 43.9 Å². The van der Waals surface area contributed by atoms with Gasteiger partial charge in [-0.3, -0.25) is 10.1 Å². The SMILES string of the molecule is CC(C)c1ccc(COc2ccc(S(=O)(=O)N3CCOCC3)cc2[N+](=O)[O-])cc1. The minimum Gasteiger partial charge on any atom is -0.482 e. The van der Waals surface area contributed by atoms with E-state index < -0.39 is 14.9 Å². The first-order valence-electron chi connectivity index (χ1n) is 9.37. The van der Waals surface area contributed by atoms with E-state index in [0.717, 1.165) is 11.6 Å². The summed E-state index contributed by atoms with van der Waals surface area (Å²) in [5.41, 5.74) is 1.68. The zero-order chi connectivity index (χ0) is 21.0. The Kier molecular flexibility index (Phi) is 6.51. The van der Waals surface area contributed by atoms with Crippen molar-refractivity contribution in [1.29, 1.82) is 0 Å². The van der Waals surface area contributed by atoms with Crippen molar-refractivity contribution in [3.8, 4) is 5.75 Å². The average Bonchev–Trinajstić information content (AvgIpc) is 2.73. The van der Waals surface area contributed by atoms with Crippen molar-refractivity contribution in [3.05, 3.63) is 63.7 Å². The maximum Gasteiger partial charge on any atom is 0.312 e. The molecule has 0 spiro atoms. The maximum atomic E-state index is 12.7. The summed E-state index contributed by atoms with van der Waals surface area (Å²) >= 11 is 0. The van der Waals surface area contributed by atoms with Crippen molar-refractivity contribution in [2.75, 3.05) is 26.3 Å². The van der Waals surface area contributed by atoms with Gasteiger partial charge in [-0.1, -0.05) is 38.1 Å². The first kappa shape index (κ1) is 21.2. The molecular weight excluding hydrogens is 396 g/mol. The van der Waals surface area contributed by atoms with E-state index in [1.54, 1.807) is 0 Å². The number of rotatable bonds is 7. The predicted molar refractivity (Wildman–Crippen MR) is 108 cm³/mol. The standard InChI is InChI=1S/C20H24N2O6S/c1-15(2)17-5-3-16(4-6-17)14-28-20-8-7-18(13-19(20)22(23)24)29(25,26)21-9-11-27-12-10-21/h3-8,13,15H,9-12,14H2,1-2H3. The number of benzene rings is 2. The number of sulfonamides is 1. The van der Waals surface area contributed by atoms with Crippen molar-refractivity contribution in [2.24, 2.45) is 0 Å². The van der Waals surface area contributed by atoms with Crippen LogP contribution in [-0.2, 0) is 21.4 Å². The van der Waals surface area contributed by atoms with Gasteiger partial charge in [0.05, 0.1) is 23.0 Å². The zero-order valence-corrected chi connectivity index (χ0v) is 17.2. The fraction of sp³-hybridized carbons (Fsp3) is 0.400. The molecule has 0 saturated carbocycles. The van der Waals surface area contributed by atoms with Crippen LogP contribution in [0.25, 0.3) is 0 Å². The molecule has 3 rings (SSSR count). The lowest BCUT2D eigenvalue weighted by molar-refractivity contribution is -0.386. The highest BCUT2D eigenvalue weighted by Gasteiger charge is 2.29. The Bertz CT molecular complexity index is 967. The number of nitrogens with zero attached hydrogens (tertiary/aromatic N) is 2. The number of nitro groups is 1. The second-order valence-corrected chi connectivity index (χ2v) is 9.03. The third-order valence-electron chi connectivity index (χ3n) is 4.78. The molecule has 1 aliphatic rings. The van der Waals surface area contributed by atoms with E-state index in [1.165, 1.54) is 22.0 Å². The molecule has 2 aromatic rings. The van der Waals surface area contributed by atoms with E-state index in [4.69, 9.17) is 9.47 Å². The first-order valence-corrected chi connectivity index (χ1v) is 10.8. The van der Waals surface area contributed by atoms with Gasteiger partial charge < -0.3 is 9.47 Å². The molecule has 0 bridgehead atoms. The van der Waals surface area contributed by atoms with E-state index in [2.05, 4.69) is 13.8 Å². The highest BCUT2D eigenvalue weighted by Crippen LogP contribution is 2.31.